The first-order valence-corrected chi connectivity index (χ1v) is 9.38. The number of nitrogens with zero attached hydrogens (tertiary/aromatic N) is 3. The lowest BCUT2D eigenvalue weighted by molar-refractivity contribution is -0.151. The number of rotatable bonds is 6. The van der Waals surface area contributed by atoms with Gasteiger partial charge in [-0.1, -0.05) is 13.8 Å². The van der Waals surface area contributed by atoms with E-state index in [2.05, 4.69) is 23.6 Å². The predicted octanol–water partition coefficient (Wildman–Crippen LogP) is 1.06. The standard InChI is InChI=1S/C18H33N3O3/c1-4-24-18(23)16-5-7-21(8-6-16)17(22)14-20-11-9-19(10-12-20)13-15(2)3/h15-16H,4-14H2,1-3H3. The number of hydrogen-bond donors (Lipinski definition) is 0. The SMILES string of the molecule is CCOC(=O)C1CCN(C(=O)CN2CCN(CC(C)C)CC2)CC1. The number of carbonyl (C=O) groups excluding carboxylic acids is 2. The van der Waals surface area contributed by atoms with Crippen molar-refractivity contribution in [3.8, 4) is 0 Å². The Kier molecular flexibility index (Phi) is 7.49. The Balaban J connectivity index is 1.68. The maximum atomic E-state index is 12.5. The van der Waals surface area contributed by atoms with Crippen LogP contribution in [0.15, 0.2) is 0 Å². The molecule has 0 spiro atoms. The Hall–Kier alpha value is -1.14. The van der Waals surface area contributed by atoms with E-state index in [0.29, 0.717) is 32.2 Å². The minimum absolute atomic E-state index is 0.0337. The van der Waals surface area contributed by atoms with Gasteiger partial charge < -0.3 is 14.5 Å². The topological polar surface area (TPSA) is 53.1 Å². The molecule has 0 aromatic rings. The van der Waals surface area contributed by atoms with Crippen LogP contribution >= 0.6 is 0 Å². The van der Waals surface area contributed by atoms with Crippen molar-refractivity contribution in [2.24, 2.45) is 11.8 Å². The Morgan fingerprint density at radius 1 is 1.00 bits per heavy atom. The minimum Gasteiger partial charge on any atom is -0.466 e. The summed E-state index contributed by atoms with van der Waals surface area (Å²) in [6, 6.07) is 0. The molecule has 6 heteroatoms. The molecule has 0 atom stereocenters. The van der Waals surface area contributed by atoms with Crippen LogP contribution in [0.1, 0.15) is 33.6 Å². The van der Waals surface area contributed by atoms with E-state index in [-0.39, 0.29) is 17.8 Å². The van der Waals surface area contributed by atoms with Crippen molar-refractivity contribution in [1.29, 1.82) is 0 Å². The van der Waals surface area contributed by atoms with Crippen LogP contribution in [0.3, 0.4) is 0 Å². The van der Waals surface area contributed by atoms with E-state index < -0.39 is 0 Å². The fraction of sp³-hybridized carbons (Fsp3) is 0.889. The van der Waals surface area contributed by atoms with Crippen molar-refractivity contribution in [3.63, 3.8) is 0 Å². The molecule has 2 aliphatic heterocycles. The quantitative estimate of drug-likeness (QED) is 0.678. The van der Waals surface area contributed by atoms with Crippen LogP contribution in [0.25, 0.3) is 0 Å². The summed E-state index contributed by atoms with van der Waals surface area (Å²) in [5, 5.41) is 0. The number of ether oxygens (including phenoxy) is 1. The van der Waals surface area contributed by atoms with Crippen LogP contribution in [0.4, 0.5) is 0 Å². The van der Waals surface area contributed by atoms with Gasteiger partial charge in [0.25, 0.3) is 0 Å². The molecule has 0 radical (unpaired) electrons. The second-order valence-corrected chi connectivity index (χ2v) is 7.38. The van der Waals surface area contributed by atoms with Crippen molar-refractivity contribution in [3.05, 3.63) is 0 Å². The van der Waals surface area contributed by atoms with E-state index in [1.807, 2.05) is 11.8 Å². The highest BCUT2D eigenvalue weighted by Crippen LogP contribution is 2.19. The summed E-state index contributed by atoms with van der Waals surface area (Å²) < 4.78 is 5.08. The summed E-state index contributed by atoms with van der Waals surface area (Å²) in [6.45, 7) is 13.8. The van der Waals surface area contributed by atoms with Crippen LogP contribution in [0, 0.1) is 11.8 Å². The van der Waals surface area contributed by atoms with Crippen molar-refractivity contribution in [1.82, 2.24) is 14.7 Å². The smallest absolute Gasteiger partial charge is 0.309 e. The van der Waals surface area contributed by atoms with E-state index in [1.165, 1.54) is 0 Å². The van der Waals surface area contributed by atoms with Crippen LogP contribution < -0.4 is 0 Å². The van der Waals surface area contributed by atoms with Gasteiger partial charge in [-0.2, -0.15) is 0 Å². The van der Waals surface area contributed by atoms with E-state index in [4.69, 9.17) is 4.74 Å². The van der Waals surface area contributed by atoms with Gasteiger partial charge in [0.1, 0.15) is 0 Å². The average Bonchev–Trinajstić information content (AvgIpc) is 2.56. The van der Waals surface area contributed by atoms with Gasteiger partial charge in [-0.25, -0.2) is 0 Å². The number of amides is 1. The first-order chi connectivity index (χ1) is 11.5. The molecule has 138 valence electrons. The van der Waals surface area contributed by atoms with Crippen LogP contribution in [-0.2, 0) is 14.3 Å². The van der Waals surface area contributed by atoms with Crippen molar-refractivity contribution in [2.75, 3.05) is 59.0 Å². The van der Waals surface area contributed by atoms with Gasteiger partial charge in [0, 0.05) is 45.8 Å². The van der Waals surface area contributed by atoms with Gasteiger partial charge in [-0.3, -0.25) is 14.5 Å². The minimum atomic E-state index is -0.106. The Morgan fingerprint density at radius 2 is 1.58 bits per heavy atom. The van der Waals surface area contributed by atoms with E-state index in [9.17, 15) is 9.59 Å². The summed E-state index contributed by atoms with van der Waals surface area (Å²) in [5.41, 5.74) is 0. The molecule has 1 amide bonds. The van der Waals surface area contributed by atoms with Crippen molar-refractivity contribution < 1.29 is 14.3 Å². The molecular weight excluding hydrogens is 306 g/mol. The van der Waals surface area contributed by atoms with Gasteiger partial charge in [-0.15, -0.1) is 0 Å². The monoisotopic (exact) mass is 339 g/mol. The highest BCUT2D eigenvalue weighted by Gasteiger charge is 2.29. The largest absolute Gasteiger partial charge is 0.466 e. The maximum Gasteiger partial charge on any atom is 0.309 e. The first kappa shape index (κ1) is 19.2. The second kappa shape index (κ2) is 9.37. The fourth-order valence-electron chi connectivity index (χ4n) is 3.56. The average molecular weight is 339 g/mol. The number of hydrogen-bond acceptors (Lipinski definition) is 5. The number of likely N-dealkylation sites (tertiary alicyclic amines) is 1. The molecule has 24 heavy (non-hydrogen) atoms. The van der Waals surface area contributed by atoms with Gasteiger partial charge >= 0.3 is 5.97 Å². The molecule has 0 N–H and O–H groups in total. The highest BCUT2D eigenvalue weighted by atomic mass is 16.5. The lowest BCUT2D eigenvalue weighted by atomic mass is 9.97. The Labute approximate surface area is 146 Å². The number of carbonyl (C=O) groups is 2. The number of piperazine rings is 1. The van der Waals surface area contributed by atoms with Gasteiger partial charge in [-0.05, 0) is 25.7 Å². The predicted molar refractivity (Wildman–Crippen MR) is 93.7 cm³/mol. The van der Waals surface area contributed by atoms with E-state index in [0.717, 1.165) is 45.6 Å². The number of piperidine rings is 1. The molecule has 0 bridgehead atoms. The zero-order chi connectivity index (χ0) is 17.5. The molecule has 0 unspecified atom stereocenters. The molecular formula is C18H33N3O3. The van der Waals surface area contributed by atoms with Crippen molar-refractivity contribution in [2.45, 2.75) is 33.6 Å². The summed E-state index contributed by atoms with van der Waals surface area (Å²) in [4.78, 5) is 30.9. The lowest BCUT2D eigenvalue weighted by Crippen LogP contribution is -2.51. The lowest BCUT2D eigenvalue weighted by Gasteiger charge is -2.37. The molecule has 0 aromatic carbocycles. The van der Waals surface area contributed by atoms with Crippen molar-refractivity contribution >= 4 is 11.9 Å². The molecule has 0 aromatic heterocycles. The Bertz CT molecular complexity index is 412. The molecule has 0 saturated carbocycles. The summed E-state index contributed by atoms with van der Waals surface area (Å²) in [6.07, 6.45) is 1.46. The van der Waals surface area contributed by atoms with E-state index in [1.54, 1.807) is 0 Å². The molecule has 6 nitrogen and oxygen atoms in total. The normalized spacial score (nSPS) is 21.2. The summed E-state index contributed by atoms with van der Waals surface area (Å²) in [7, 11) is 0. The number of esters is 1. The van der Waals surface area contributed by atoms with Crippen LogP contribution in [-0.4, -0.2) is 85.5 Å². The zero-order valence-electron chi connectivity index (χ0n) is 15.5. The molecule has 2 saturated heterocycles. The molecule has 0 aliphatic carbocycles. The maximum absolute atomic E-state index is 12.5. The molecule has 2 rings (SSSR count). The third-order valence-corrected chi connectivity index (χ3v) is 4.91. The van der Waals surface area contributed by atoms with Crippen LogP contribution in [0.2, 0.25) is 0 Å². The summed E-state index contributed by atoms with van der Waals surface area (Å²) >= 11 is 0. The third-order valence-electron chi connectivity index (χ3n) is 4.91. The van der Waals surface area contributed by atoms with Crippen LogP contribution in [0.5, 0.6) is 0 Å². The second-order valence-electron chi connectivity index (χ2n) is 7.38. The van der Waals surface area contributed by atoms with Gasteiger partial charge in [0.05, 0.1) is 19.1 Å². The molecule has 2 aliphatic rings. The third kappa shape index (κ3) is 5.74. The zero-order valence-corrected chi connectivity index (χ0v) is 15.5. The molecule has 2 heterocycles. The Morgan fingerprint density at radius 3 is 2.12 bits per heavy atom. The summed E-state index contributed by atoms with van der Waals surface area (Å²) in [5.74, 6) is 0.757. The highest BCUT2D eigenvalue weighted by molar-refractivity contribution is 5.79. The van der Waals surface area contributed by atoms with Gasteiger partial charge in [0.2, 0.25) is 5.91 Å². The fourth-order valence-corrected chi connectivity index (χ4v) is 3.56. The van der Waals surface area contributed by atoms with E-state index >= 15 is 0 Å². The molecule has 2 fully saturated rings. The first-order valence-electron chi connectivity index (χ1n) is 9.38. The van der Waals surface area contributed by atoms with Gasteiger partial charge in [0.15, 0.2) is 0 Å².